The molecule has 0 aliphatic carbocycles. The lowest BCUT2D eigenvalue weighted by atomic mass is 9.94. The van der Waals surface area contributed by atoms with Crippen molar-refractivity contribution in [2.75, 3.05) is 6.61 Å². The van der Waals surface area contributed by atoms with Crippen LogP contribution in [0.2, 0.25) is 0 Å². The third kappa shape index (κ3) is 2.00. The highest BCUT2D eigenvalue weighted by molar-refractivity contribution is 7.10. The summed E-state index contributed by atoms with van der Waals surface area (Å²) in [5.74, 6) is 0. The SMILES string of the molecule is OC[C@H]1OC(c2cccs2)[C@H](O)[C@@H](O)[C@@H]1O. The number of aliphatic hydroxyl groups excluding tert-OH is 4. The van der Waals surface area contributed by atoms with Crippen molar-refractivity contribution < 1.29 is 25.2 Å². The molecule has 2 heterocycles. The van der Waals surface area contributed by atoms with Gasteiger partial charge in [-0.3, -0.25) is 0 Å². The highest BCUT2D eigenvalue weighted by Gasteiger charge is 2.44. The Balaban J connectivity index is 2.20. The first-order valence-electron chi connectivity index (χ1n) is 4.99. The van der Waals surface area contributed by atoms with Gasteiger partial charge in [0.05, 0.1) is 6.61 Å². The molecule has 90 valence electrons. The molecule has 5 nitrogen and oxygen atoms in total. The maximum Gasteiger partial charge on any atom is 0.121 e. The molecular formula is C10H14O5S. The number of hydrogen-bond donors (Lipinski definition) is 4. The highest BCUT2D eigenvalue weighted by atomic mass is 32.1. The molecule has 1 aromatic heterocycles. The zero-order valence-corrected chi connectivity index (χ0v) is 9.25. The fraction of sp³-hybridized carbons (Fsp3) is 0.600. The first kappa shape index (κ1) is 12.0. The van der Waals surface area contributed by atoms with E-state index in [4.69, 9.17) is 9.84 Å². The van der Waals surface area contributed by atoms with E-state index in [2.05, 4.69) is 0 Å². The van der Waals surface area contributed by atoms with Crippen molar-refractivity contribution in [3.63, 3.8) is 0 Å². The second-order valence-electron chi connectivity index (χ2n) is 3.76. The van der Waals surface area contributed by atoms with Gasteiger partial charge < -0.3 is 25.2 Å². The molecule has 1 aliphatic heterocycles. The average Bonchev–Trinajstić information content (AvgIpc) is 2.80. The van der Waals surface area contributed by atoms with Crippen molar-refractivity contribution in [1.82, 2.24) is 0 Å². The second kappa shape index (κ2) is 4.79. The van der Waals surface area contributed by atoms with Gasteiger partial charge >= 0.3 is 0 Å². The molecule has 0 radical (unpaired) electrons. The van der Waals surface area contributed by atoms with Crippen LogP contribution >= 0.6 is 11.3 Å². The lowest BCUT2D eigenvalue weighted by molar-refractivity contribution is -0.230. The molecule has 1 fully saturated rings. The van der Waals surface area contributed by atoms with Crippen LogP contribution in [0.15, 0.2) is 17.5 Å². The fourth-order valence-electron chi connectivity index (χ4n) is 1.79. The molecule has 1 aliphatic rings. The minimum Gasteiger partial charge on any atom is -0.394 e. The zero-order valence-electron chi connectivity index (χ0n) is 8.43. The van der Waals surface area contributed by atoms with Gasteiger partial charge in [-0.25, -0.2) is 0 Å². The maximum absolute atomic E-state index is 9.78. The summed E-state index contributed by atoms with van der Waals surface area (Å²) in [5.41, 5.74) is 0. The summed E-state index contributed by atoms with van der Waals surface area (Å²) in [6.07, 6.45) is -5.33. The Bertz CT molecular complexity index is 326. The topological polar surface area (TPSA) is 90.2 Å². The monoisotopic (exact) mass is 246 g/mol. The first-order chi connectivity index (χ1) is 7.65. The standard InChI is InChI=1S/C10H14O5S/c11-4-5-7(12)8(13)9(14)10(15-5)6-2-1-3-16-6/h1-3,5,7-14H,4H2/t5-,7-,8+,9-,10?/m1/s1. The van der Waals surface area contributed by atoms with Crippen molar-refractivity contribution >= 4 is 11.3 Å². The predicted molar refractivity (Wildman–Crippen MR) is 57.0 cm³/mol. The summed E-state index contributed by atoms with van der Waals surface area (Å²) in [5, 5.41) is 39.8. The van der Waals surface area contributed by atoms with Gasteiger partial charge in [-0.2, -0.15) is 0 Å². The molecular weight excluding hydrogens is 232 g/mol. The van der Waals surface area contributed by atoms with Gasteiger partial charge in [0.2, 0.25) is 0 Å². The average molecular weight is 246 g/mol. The summed E-state index contributed by atoms with van der Waals surface area (Å²) in [6, 6.07) is 3.58. The summed E-state index contributed by atoms with van der Waals surface area (Å²) >= 11 is 1.39. The molecule has 0 spiro atoms. The lowest BCUT2D eigenvalue weighted by Gasteiger charge is -2.39. The van der Waals surface area contributed by atoms with Crippen molar-refractivity contribution in [3.8, 4) is 0 Å². The smallest absolute Gasteiger partial charge is 0.121 e. The van der Waals surface area contributed by atoms with Gasteiger partial charge in [-0.15, -0.1) is 11.3 Å². The fourth-order valence-corrected chi connectivity index (χ4v) is 2.59. The van der Waals surface area contributed by atoms with Crippen LogP contribution in [-0.2, 0) is 4.74 Å². The third-order valence-electron chi connectivity index (χ3n) is 2.72. The minimum atomic E-state index is -1.31. The van der Waals surface area contributed by atoms with Crippen molar-refractivity contribution in [3.05, 3.63) is 22.4 Å². The van der Waals surface area contributed by atoms with Crippen molar-refractivity contribution in [2.24, 2.45) is 0 Å². The minimum absolute atomic E-state index is 0.396. The molecule has 0 amide bonds. The Labute approximate surface area is 96.5 Å². The van der Waals surface area contributed by atoms with Crippen LogP contribution in [0.5, 0.6) is 0 Å². The molecule has 0 saturated carbocycles. The van der Waals surface area contributed by atoms with Gasteiger partial charge in [-0.05, 0) is 11.4 Å². The Kier molecular flexibility index (Phi) is 3.58. The molecule has 0 aromatic carbocycles. The Hall–Kier alpha value is -0.500. The Morgan fingerprint density at radius 2 is 1.94 bits per heavy atom. The summed E-state index contributed by atoms with van der Waals surface area (Å²) in [4.78, 5) is 0.761. The van der Waals surface area contributed by atoms with Crippen molar-refractivity contribution in [1.29, 1.82) is 0 Å². The summed E-state index contributed by atoms with van der Waals surface area (Å²) < 4.78 is 5.38. The molecule has 5 atom stereocenters. The third-order valence-corrected chi connectivity index (χ3v) is 3.65. The van der Waals surface area contributed by atoms with E-state index < -0.39 is 37.1 Å². The Morgan fingerprint density at radius 3 is 2.50 bits per heavy atom. The summed E-state index contributed by atoms with van der Waals surface area (Å²) in [7, 11) is 0. The highest BCUT2D eigenvalue weighted by Crippen LogP contribution is 2.34. The van der Waals surface area contributed by atoms with Gasteiger partial charge in [-0.1, -0.05) is 6.07 Å². The second-order valence-corrected chi connectivity index (χ2v) is 4.74. The van der Waals surface area contributed by atoms with Gasteiger partial charge in [0.25, 0.3) is 0 Å². The normalized spacial score (nSPS) is 39.9. The van der Waals surface area contributed by atoms with Gasteiger partial charge in [0.15, 0.2) is 0 Å². The van der Waals surface area contributed by atoms with E-state index >= 15 is 0 Å². The molecule has 4 N–H and O–H groups in total. The van der Waals surface area contributed by atoms with Crippen molar-refractivity contribution in [2.45, 2.75) is 30.5 Å². The molecule has 1 aromatic rings. The number of thiophene rings is 1. The van der Waals surface area contributed by atoms with E-state index in [0.29, 0.717) is 0 Å². The summed E-state index contributed by atoms with van der Waals surface area (Å²) in [6.45, 7) is -0.396. The van der Waals surface area contributed by atoms with Crippen LogP contribution in [0.4, 0.5) is 0 Å². The Morgan fingerprint density at radius 1 is 1.19 bits per heavy atom. The van der Waals surface area contributed by atoms with Gasteiger partial charge in [0, 0.05) is 4.88 Å². The van der Waals surface area contributed by atoms with Crippen LogP contribution in [-0.4, -0.2) is 51.4 Å². The molecule has 1 saturated heterocycles. The van der Waals surface area contributed by atoms with E-state index in [1.54, 1.807) is 12.1 Å². The number of rotatable bonds is 2. The molecule has 2 rings (SSSR count). The number of ether oxygens (including phenoxy) is 1. The lowest BCUT2D eigenvalue weighted by Crippen LogP contribution is -2.55. The van der Waals surface area contributed by atoms with Crippen LogP contribution in [0.1, 0.15) is 11.0 Å². The number of hydrogen-bond acceptors (Lipinski definition) is 6. The predicted octanol–water partition coefficient (Wildman–Crippen LogP) is -0.737. The largest absolute Gasteiger partial charge is 0.394 e. The van der Waals surface area contributed by atoms with Gasteiger partial charge in [0.1, 0.15) is 30.5 Å². The number of aliphatic hydroxyl groups is 4. The van der Waals surface area contributed by atoms with E-state index in [1.165, 1.54) is 11.3 Å². The van der Waals surface area contributed by atoms with Crippen LogP contribution < -0.4 is 0 Å². The quantitative estimate of drug-likeness (QED) is 0.552. The van der Waals surface area contributed by atoms with E-state index in [-0.39, 0.29) is 0 Å². The van der Waals surface area contributed by atoms with E-state index in [1.807, 2.05) is 5.38 Å². The zero-order chi connectivity index (χ0) is 11.7. The maximum atomic E-state index is 9.78. The molecule has 0 bridgehead atoms. The van der Waals surface area contributed by atoms with Crippen LogP contribution in [0.25, 0.3) is 0 Å². The van der Waals surface area contributed by atoms with Crippen LogP contribution in [0, 0.1) is 0 Å². The van der Waals surface area contributed by atoms with E-state index in [0.717, 1.165) is 4.88 Å². The molecule has 6 heteroatoms. The first-order valence-corrected chi connectivity index (χ1v) is 5.87. The molecule has 16 heavy (non-hydrogen) atoms. The molecule has 1 unspecified atom stereocenters. The van der Waals surface area contributed by atoms with E-state index in [9.17, 15) is 15.3 Å². The van der Waals surface area contributed by atoms with Crippen LogP contribution in [0.3, 0.4) is 0 Å².